The number of hydrogen-bond acceptors (Lipinski definition) is 4. The summed E-state index contributed by atoms with van der Waals surface area (Å²) in [6.07, 6.45) is 1.69. The standard InChI is InChI=1S/C19H21FN4O3/c1-13-2-5-16(11-21-13)22-18(25)10-17-12-27-9-8-24(17)19(26)23-15-6-3-14(20)4-7-15/h2-7,11,17H,8-10,12H2,1H3,(H,22,25)(H,23,26)/t17-/m1/s1. The van der Waals surface area contributed by atoms with Gasteiger partial charge in [0.2, 0.25) is 5.91 Å². The summed E-state index contributed by atoms with van der Waals surface area (Å²) in [6.45, 7) is 2.91. The second kappa shape index (κ2) is 8.59. The third-order valence-electron chi connectivity index (χ3n) is 4.20. The number of ether oxygens (including phenoxy) is 1. The van der Waals surface area contributed by atoms with Gasteiger partial charge in [0.15, 0.2) is 0 Å². The van der Waals surface area contributed by atoms with Crippen molar-refractivity contribution in [2.24, 2.45) is 0 Å². The monoisotopic (exact) mass is 372 g/mol. The van der Waals surface area contributed by atoms with E-state index in [1.54, 1.807) is 17.2 Å². The van der Waals surface area contributed by atoms with Gasteiger partial charge in [0, 0.05) is 24.3 Å². The van der Waals surface area contributed by atoms with E-state index in [0.717, 1.165) is 5.69 Å². The van der Waals surface area contributed by atoms with Crippen molar-refractivity contribution in [2.45, 2.75) is 19.4 Å². The Morgan fingerprint density at radius 2 is 1.93 bits per heavy atom. The fourth-order valence-corrected chi connectivity index (χ4v) is 2.79. The van der Waals surface area contributed by atoms with Crippen LogP contribution in [0.4, 0.5) is 20.6 Å². The van der Waals surface area contributed by atoms with E-state index in [4.69, 9.17) is 4.74 Å². The number of aromatic nitrogens is 1. The van der Waals surface area contributed by atoms with Crippen molar-refractivity contribution >= 4 is 23.3 Å². The number of benzene rings is 1. The number of carbonyl (C=O) groups is 2. The molecule has 0 unspecified atom stereocenters. The number of nitrogens with zero attached hydrogens (tertiary/aromatic N) is 2. The van der Waals surface area contributed by atoms with E-state index in [1.807, 2.05) is 13.0 Å². The van der Waals surface area contributed by atoms with E-state index in [9.17, 15) is 14.0 Å². The lowest BCUT2D eigenvalue weighted by molar-refractivity contribution is -0.118. The minimum Gasteiger partial charge on any atom is -0.377 e. The zero-order chi connectivity index (χ0) is 19.2. The summed E-state index contributed by atoms with van der Waals surface area (Å²) < 4.78 is 18.4. The Morgan fingerprint density at radius 1 is 1.19 bits per heavy atom. The van der Waals surface area contributed by atoms with Crippen LogP contribution < -0.4 is 10.6 Å². The predicted octanol–water partition coefficient (Wildman–Crippen LogP) is 2.79. The van der Waals surface area contributed by atoms with Crippen molar-refractivity contribution in [1.82, 2.24) is 9.88 Å². The normalized spacial score (nSPS) is 16.7. The Hall–Kier alpha value is -3.00. The van der Waals surface area contributed by atoms with Crippen LogP contribution in [-0.2, 0) is 9.53 Å². The zero-order valence-electron chi connectivity index (χ0n) is 14.9. The summed E-state index contributed by atoms with van der Waals surface area (Å²) in [7, 11) is 0. The number of amides is 3. The summed E-state index contributed by atoms with van der Waals surface area (Å²) in [6, 6.07) is 8.36. The molecule has 1 fully saturated rings. The first kappa shape index (κ1) is 18.8. The molecule has 142 valence electrons. The number of rotatable bonds is 4. The molecule has 2 N–H and O–H groups in total. The maximum atomic E-state index is 13.0. The molecule has 0 saturated carbocycles. The lowest BCUT2D eigenvalue weighted by Gasteiger charge is -2.35. The van der Waals surface area contributed by atoms with Crippen LogP contribution >= 0.6 is 0 Å². The average molecular weight is 372 g/mol. The van der Waals surface area contributed by atoms with Gasteiger partial charge in [0.25, 0.3) is 0 Å². The fraction of sp³-hybridized carbons (Fsp3) is 0.316. The predicted molar refractivity (Wildman–Crippen MR) is 99.0 cm³/mol. The molecule has 1 aliphatic heterocycles. The van der Waals surface area contributed by atoms with Crippen LogP contribution in [0.2, 0.25) is 0 Å². The van der Waals surface area contributed by atoms with Crippen molar-refractivity contribution in [3.8, 4) is 0 Å². The number of hydrogen-bond donors (Lipinski definition) is 2. The summed E-state index contributed by atoms with van der Waals surface area (Å²) in [5.41, 5.74) is 1.95. The number of carbonyl (C=O) groups excluding carboxylic acids is 2. The molecule has 8 heteroatoms. The lowest BCUT2D eigenvalue weighted by atomic mass is 10.1. The topological polar surface area (TPSA) is 83.6 Å². The molecule has 1 aromatic carbocycles. The van der Waals surface area contributed by atoms with Crippen LogP contribution in [0.1, 0.15) is 12.1 Å². The van der Waals surface area contributed by atoms with E-state index < -0.39 is 6.04 Å². The second-order valence-corrected chi connectivity index (χ2v) is 6.30. The molecule has 0 radical (unpaired) electrons. The first-order valence-corrected chi connectivity index (χ1v) is 8.65. The molecule has 3 rings (SSSR count). The average Bonchev–Trinajstić information content (AvgIpc) is 2.66. The van der Waals surface area contributed by atoms with Gasteiger partial charge in [-0.3, -0.25) is 9.78 Å². The molecule has 7 nitrogen and oxygen atoms in total. The molecule has 0 spiro atoms. The third kappa shape index (κ3) is 5.24. The highest BCUT2D eigenvalue weighted by Crippen LogP contribution is 2.16. The molecule has 3 amide bonds. The van der Waals surface area contributed by atoms with Gasteiger partial charge in [0.05, 0.1) is 31.1 Å². The largest absolute Gasteiger partial charge is 0.377 e. The van der Waals surface area contributed by atoms with Crippen molar-refractivity contribution in [1.29, 1.82) is 0 Å². The highest BCUT2D eigenvalue weighted by atomic mass is 19.1. The van der Waals surface area contributed by atoms with Crippen molar-refractivity contribution < 1.29 is 18.7 Å². The molecule has 0 bridgehead atoms. The molecule has 2 aromatic rings. The van der Waals surface area contributed by atoms with Crippen LogP contribution in [0.3, 0.4) is 0 Å². The Kier molecular flexibility index (Phi) is 5.97. The van der Waals surface area contributed by atoms with Gasteiger partial charge in [0.1, 0.15) is 5.82 Å². The zero-order valence-corrected chi connectivity index (χ0v) is 14.9. The van der Waals surface area contributed by atoms with Crippen LogP contribution in [0, 0.1) is 12.7 Å². The molecular formula is C19H21FN4O3. The Labute approximate surface area is 156 Å². The van der Waals surface area contributed by atoms with Gasteiger partial charge in [-0.05, 0) is 43.3 Å². The quantitative estimate of drug-likeness (QED) is 0.864. The number of urea groups is 1. The Balaban J connectivity index is 1.60. The van der Waals surface area contributed by atoms with Gasteiger partial charge in [-0.25, -0.2) is 9.18 Å². The van der Waals surface area contributed by atoms with E-state index >= 15 is 0 Å². The van der Waals surface area contributed by atoms with Crippen molar-refractivity contribution in [3.05, 3.63) is 54.1 Å². The maximum absolute atomic E-state index is 13.0. The van der Waals surface area contributed by atoms with Crippen molar-refractivity contribution in [2.75, 3.05) is 30.4 Å². The first-order chi connectivity index (χ1) is 13.0. The number of halogens is 1. The summed E-state index contributed by atoms with van der Waals surface area (Å²) in [4.78, 5) is 30.6. The summed E-state index contributed by atoms with van der Waals surface area (Å²) in [5, 5.41) is 5.50. The van der Waals surface area contributed by atoms with Crippen LogP contribution in [0.15, 0.2) is 42.6 Å². The Bertz CT molecular complexity index is 796. The number of nitrogens with one attached hydrogen (secondary N) is 2. The van der Waals surface area contributed by atoms with E-state index in [0.29, 0.717) is 24.5 Å². The summed E-state index contributed by atoms with van der Waals surface area (Å²) in [5.74, 6) is -0.602. The number of pyridine rings is 1. The smallest absolute Gasteiger partial charge is 0.322 e. The van der Waals surface area contributed by atoms with Gasteiger partial charge >= 0.3 is 6.03 Å². The molecule has 27 heavy (non-hydrogen) atoms. The summed E-state index contributed by atoms with van der Waals surface area (Å²) >= 11 is 0. The van der Waals surface area contributed by atoms with Crippen molar-refractivity contribution in [3.63, 3.8) is 0 Å². The van der Waals surface area contributed by atoms with Crippen LogP contribution in [0.25, 0.3) is 0 Å². The molecule has 0 aliphatic carbocycles. The highest BCUT2D eigenvalue weighted by Gasteiger charge is 2.29. The van der Waals surface area contributed by atoms with Crippen LogP contribution in [-0.4, -0.2) is 47.6 Å². The molecule has 2 heterocycles. The highest BCUT2D eigenvalue weighted by molar-refractivity contribution is 5.93. The molecule has 1 aromatic heterocycles. The minimum atomic E-state index is -0.391. The first-order valence-electron chi connectivity index (χ1n) is 8.65. The molecule has 1 atom stereocenters. The lowest BCUT2D eigenvalue weighted by Crippen LogP contribution is -2.51. The fourth-order valence-electron chi connectivity index (χ4n) is 2.79. The number of anilines is 2. The molecule has 1 saturated heterocycles. The SMILES string of the molecule is Cc1ccc(NC(=O)C[C@@H]2COCCN2C(=O)Nc2ccc(F)cc2)cn1. The van der Waals surface area contributed by atoms with E-state index in [1.165, 1.54) is 24.3 Å². The van der Waals surface area contributed by atoms with Gasteiger partial charge < -0.3 is 20.3 Å². The third-order valence-corrected chi connectivity index (χ3v) is 4.20. The second-order valence-electron chi connectivity index (χ2n) is 6.30. The number of aryl methyl sites for hydroxylation is 1. The van der Waals surface area contributed by atoms with Crippen LogP contribution in [0.5, 0.6) is 0 Å². The van der Waals surface area contributed by atoms with Gasteiger partial charge in [-0.15, -0.1) is 0 Å². The van der Waals surface area contributed by atoms with Gasteiger partial charge in [-0.2, -0.15) is 0 Å². The van der Waals surface area contributed by atoms with E-state index in [2.05, 4.69) is 15.6 Å². The maximum Gasteiger partial charge on any atom is 0.322 e. The Morgan fingerprint density at radius 3 is 2.63 bits per heavy atom. The van der Waals surface area contributed by atoms with E-state index in [-0.39, 0.29) is 30.8 Å². The number of morpholine rings is 1. The molecular weight excluding hydrogens is 351 g/mol. The minimum absolute atomic E-state index is 0.102. The molecule has 1 aliphatic rings. The van der Waals surface area contributed by atoms with Gasteiger partial charge in [-0.1, -0.05) is 0 Å².